The standard InChI is InChI=1S/C38H42F3N3O5S/c1-6-24(7-2)35-31-11-8-25(37(45)42-50(46,47)23(3)4)20-34(31)44-22-27(18-26-19-29(48-5)10-12-30(26)36(35)44)32-21-28(38(39,40)41)9-13-33(32)43-14-16-49-17-15-43/h8-13,18-21,23-24H,6-7,14-17,22H2,1-5H3,(H,42,45). The molecule has 0 bridgehead atoms. The van der Waals surface area contributed by atoms with Crippen LogP contribution in [0.15, 0.2) is 54.6 Å². The molecule has 12 heteroatoms. The number of benzene rings is 3. The Bertz CT molecular complexity index is 2080. The summed E-state index contributed by atoms with van der Waals surface area (Å²) in [5.41, 5.74) is 5.53. The second kappa shape index (κ2) is 13.8. The number of methoxy groups -OCH3 is 1. The van der Waals surface area contributed by atoms with Crippen molar-refractivity contribution in [2.45, 2.75) is 64.4 Å². The minimum atomic E-state index is -4.56. The van der Waals surface area contributed by atoms with Gasteiger partial charge in [0, 0.05) is 52.9 Å². The van der Waals surface area contributed by atoms with Crippen LogP contribution in [-0.2, 0) is 27.5 Å². The van der Waals surface area contributed by atoms with E-state index in [4.69, 9.17) is 9.47 Å². The average Bonchev–Trinajstić information content (AvgIpc) is 3.29. The van der Waals surface area contributed by atoms with Gasteiger partial charge in [0.25, 0.3) is 5.91 Å². The number of hydrogen-bond donors (Lipinski definition) is 1. The summed E-state index contributed by atoms with van der Waals surface area (Å²) < 4.78 is 83.5. The highest BCUT2D eigenvalue weighted by Gasteiger charge is 2.34. The van der Waals surface area contributed by atoms with E-state index in [1.54, 1.807) is 25.3 Å². The Morgan fingerprint density at radius 1 is 0.980 bits per heavy atom. The van der Waals surface area contributed by atoms with E-state index < -0.39 is 32.9 Å². The molecule has 8 nitrogen and oxygen atoms in total. The van der Waals surface area contributed by atoms with Crippen molar-refractivity contribution in [3.05, 3.63) is 82.4 Å². The highest BCUT2D eigenvalue weighted by molar-refractivity contribution is 7.90. The van der Waals surface area contributed by atoms with Crippen LogP contribution >= 0.6 is 0 Å². The number of sulfonamides is 1. The molecule has 0 saturated carbocycles. The molecule has 3 aromatic carbocycles. The molecule has 0 radical (unpaired) electrons. The molecule has 2 aliphatic rings. The van der Waals surface area contributed by atoms with E-state index in [9.17, 15) is 26.4 Å². The molecule has 2 aliphatic heterocycles. The average molecular weight is 710 g/mol. The topological polar surface area (TPSA) is 89.9 Å². The lowest BCUT2D eigenvalue weighted by Crippen LogP contribution is -2.36. The number of amides is 1. The first-order chi connectivity index (χ1) is 23.8. The predicted molar refractivity (Wildman–Crippen MR) is 191 cm³/mol. The predicted octanol–water partition coefficient (Wildman–Crippen LogP) is 8.10. The van der Waals surface area contributed by atoms with E-state index >= 15 is 0 Å². The number of carbonyl (C=O) groups is 1. The zero-order valence-corrected chi connectivity index (χ0v) is 29.7. The van der Waals surface area contributed by atoms with Crippen molar-refractivity contribution in [2.24, 2.45) is 0 Å². The van der Waals surface area contributed by atoms with Crippen LogP contribution < -0.4 is 14.4 Å². The Morgan fingerprint density at radius 2 is 1.70 bits per heavy atom. The Hall–Kier alpha value is -4.29. The monoisotopic (exact) mass is 709 g/mol. The molecule has 6 rings (SSSR count). The van der Waals surface area contributed by atoms with Gasteiger partial charge in [0.1, 0.15) is 5.75 Å². The molecule has 266 valence electrons. The third kappa shape index (κ3) is 6.62. The van der Waals surface area contributed by atoms with Gasteiger partial charge in [-0.2, -0.15) is 13.2 Å². The second-order valence-corrected chi connectivity index (χ2v) is 15.3. The number of anilines is 1. The van der Waals surface area contributed by atoms with Gasteiger partial charge >= 0.3 is 6.18 Å². The lowest BCUT2D eigenvalue weighted by Gasteiger charge is -2.31. The summed E-state index contributed by atoms with van der Waals surface area (Å²) >= 11 is 0. The molecule has 0 aliphatic carbocycles. The maximum Gasteiger partial charge on any atom is 0.416 e. The maximum atomic E-state index is 14.3. The van der Waals surface area contributed by atoms with Gasteiger partial charge in [-0.1, -0.05) is 19.9 Å². The Morgan fingerprint density at radius 3 is 2.34 bits per heavy atom. The normalized spacial score (nSPS) is 15.2. The summed E-state index contributed by atoms with van der Waals surface area (Å²) in [6.07, 6.45) is -0.952. The zero-order valence-electron chi connectivity index (χ0n) is 28.9. The summed E-state index contributed by atoms with van der Waals surface area (Å²) in [5, 5.41) is 0.0907. The van der Waals surface area contributed by atoms with Crippen LogP contribution in [0.3, 0.4) is 0 Å². The minimum absolute atomic E-state index is 0.128. The van der Waals surface area contributed by atoms with Gasteiger partial charge in [0.05, 0.1) is 36.8 Å². The van der Waals surface area contributed by atoms with Crippen molar-refractivity contribution in [3.63, 3.8) is 0 Å². The van der Waals surface area contributed by atoms with Crippen molar-refractivity contribution in [2.75, 3.05) is 38.3 Å². The number of alkyl halides is 3. The molecule has 1 N–H and O–H groups in total. The molecule has 1 aromatic heterocycles. The van der Waals surface area contributed by atoms with E-state index in [-0.39, 0.29) is 18.0 Å². The first kappa shape index (κ1) is 35.5. The van der Waals surface area contributed by atoms with E-state index in [1.807, 2.05) is 30.3 Å². The number of carbonyl (C=O) groups excluding carboxylic acids is 1. The molecular formula is C38H42F3N3O5S. The summed E-state index contributed by atoms with van der Waals surface area (Å²) in [5.74, 6) is -0.0123. The van der Waals surface area contributed by atoms with Crippen molar-refractivity contribution >= 4 is 44.2 Å². The van der Waals surface area contributed by atoms with Crippen LogP contribution in [0.5, 0.6) is 5.75 Å². The first-order valence-electron chi connectivity index (χ1n) is 16.9. The van der Waals surface area contributed by atoms with Crippen LogP contribution in [0.2, 0.25) is 0 Å². The first-order valence-corrected chi connectivity index (χ1v) is 18.5. The molecule has 4 aromatic rings. The molecule has 0 unspecified atom stereocenters. The Balaban J connectivity index is 1.65. The lowest BCUT2D eigenvalue weighted by atomic mass is 9.88. The van der Waals surface area contributed by atoms with Gasteiger partial charge in [-0.15, -0.1) is 0 Å². The largest absolute Gasteiger partial charge is 0.497 e. The number of ether oxygens (including phenoxy) is 2. The number of allylic oxidation sites excluding steroid dienone is 1. The number of aromatic nitrogens is 1. The van der Waals surface area contributed by atoms with Gasteiger partial charge in [0.2, 0.25) is 10.0 Å². The molecular weight excluding hydrogens is 667 g/mol. The third-order valence-corrected chi connectivity index (χ3v) is 11.5. The number of morpholine rings is 1. The van der Waals surface area contributed by atoms with Gasteiger partial charge in [-0.3, -0.25) is 4.79 Å². The maximum absolute atomic E-state index is 14.3. The number of nitrogens with zero attached hydrogens (tertiary/aromatic N) is 2. The Labute approximate surface area is 290 Å². The lowest BCUT2D eigenvalue weighted by molar-refractivity contribution is -0.137. The number of rotatable bonds is 9. The van der Waals surface area contributed by atoms with Crippen LogP contribution in [0.1, 0.15) is 79.1 Å². The second-order valence-electron chi connectivity index (χ2n) is 13.1. The molecule has 1 fully saturated rings. The summed E-state index contributed by atoms with van der Waals surface area (Å²) in [6, 6.07) is 14.8. The number of nitrogens with one attached hydrogen (secondary N) is 1. The molecule has 50 heavy (non-hydrogen) atoms. The summed E-state index contributed by atoms with van der Waals surface area (Å²) in [6.45, 7) is 9.40. The van der Waals surface area contributed by atoms with E-state index in [2.05, 4.69) is 28.0 Å². The van der Waals surface area contributed by atoms with Crippen LogP contribution in [0.25, 0.3) is 33.8 Å². The molecule has 1 saturated heterocycles. The van der Waals surface area contributed by atoms with Crippen molar-refractivity contribution in [3.8, 4) is 17.0 Å². The molecule has 0 atom stereocenters. The van der Waals surface area contributed by atoms with Crippen LogP contribution in [0, 0.1) is 0 Å². The molecule has 1 amide bonds. The highest BCUT2D eigenvalue weighted by Crippen LogP contribution is 2.47. The quantitative estimate of drug-likeness (QED) is 0.189. The van der Waals surface area contributed by atoms with E-state index in [0.29, 0.717) is 54.4 Å². The summed E-state index contributed by atoms with van der Waals surface area (Å²) in [4.78, 5) is 15.4. The van der Waals surface area contributed by atoms with Gasteiger partial charge in [-0.05, 0) is 104 Å². The fourth-order valence-corrected chi connectivity index (χ4v) is 7.62. The SMILES string of the molecule is CCC(CC)c1c2n(c3cc(C(=O)NS(=O)(=O)C(C)C)ccc13)CC(c1cc(C(F)(F)F)ccc1N1CCOCC1)=Cc1cc(OC)ccc1-2. The smallest absolute Gasteiger partial charge is 0.416 e. The summed E-state index contributed by atoms with van der Waals surface area (Å²) in [7, 11) is -2.32. The van der Waals surface area contributed by atoms with Gasteiger partial charge in [-0.25, -0.2) is 13.1 Å². The fraction of sp³-hybridized carbons (Fsp3) is 0.395. The Kier molecular flexibility index (Phi) is 9.80. The fourth-order valence-electron chi connectivity index (χ4n) is 7.01. The molecule has 3 heterocycles. The van der Waals surface area contributed by atoms with E-state index in [0.717, 1.165) is 46.7 Å². The zero-order chi connectivity index (χ0) is 36.0. The van der Waals surface area contributed by atoms with Crippen molar-refractivity contribution < 1.29 is 35.9 Å². The molecule has 0 spiro atoms. The highest BCUT2D eigenvalue weighted by atomic mass is 32.2. The number of fused-ring (bicyclic) bond motifs is 5. The minimum Gasteiger partial charge on any atom is -0.497 e. The van der Waals surface area contributed by atoms with E-state index in [1.165, 1.54) is 19.9 Å². The van der Waals surface area contributed by atoms with Gasteiger partial charge < -0.3 is 18.9 Å². The van der Waals surface area contributed by atoms with Gasteiger partial charge in [0.15, 0.2) is 0 Å². The van der Waals surface area contributed by atoms with Crippen molar-refractivity contribution in [1.29, 1.82) is 0 Å². The number of hydrogen-bond acceptors (Lipinski definition) is 6. The van der Waals surface area contributed by atoms with Crippen LogP contribution in [-0.4, -0.2) is 57.6 Å². The van der Waals surface area contributed by atoms with Crippen LogP contribution in [0.4, 0.5) is 18.9 Å². The van der Waals surface area contributed by atoms with Crippen molar-refractivity contribution in [1.82, 2.24) is 9.29 Å². The number of halogens is 3. The third-order valence-electron chi connectivity index (χ3n) is 9.81.